The van der Waals surface area contributed by atoms with Gasteiger partial charge in [0.25, 0.3) is 10.0 Å². The molecule has 0 amide bonds. The zero-order valence-electron chi connectivity index (χ0n) is 12.0. The summed E-state index contributed by atoms with van der Waals surface area (Å²) in [6.07, 6.45) is 1.59. The molecule has 112 valence electrons. The average Bonchev–Trinajstić information content (AvgIpc) is 3.05. The van der Waals surface area contributed by atoms with Gasteiger partial charge in [-0.1, -0.05) is 6.07 Å². The monoisotopic (exact) mass is 306 g/mol. The number of benzene rings is 1. The van der Waals surface area contributed by atoms with E-state index in [0.717, 1.165) is 17.7 Å². The van der Waals surface area contributed by atoms with E-state index in [9.17, 15) is 8.42 Å². The van der Waals surface area contributed by atoms with Crippen molar-refractivity contribution in [1.82, 2.24) is 15.1 Å². The van der Waals surface area contributed by atoms with Crippen LogP contribution >= 0.6 is 0 Å². The van der Waals surface area contributed by atoms with Crippen LogP contribution in [0.15, 0.2) is 35.4 Å². The lowest BCUT2D eigenvalue weighted by Crippen LogP contribution is -2.17. The number of aromatic nitrogens is 2. The van der Waals surface area contributed by atoms with Crippen molar-refractivity contribution in [2.75, 3.05) is 4.72 Å². The summed E-state index contributed by atoms with van der Waals surface area (Å²) in [7, 11) is -3.60. The van der Waals surface area contributed by atoms with E-state index >= 15 is 0 Å². The molecule has 0 atom stereocenters. The highest BCUT2D eigenvalue weighted by Gasteiger charge is 2.20. The molecule has 2 heterocycles. The highest BCUT2D eigenvalue weighted by molar-refractivity contribution is 7.92. The van der Waals surface area contributed by atoms with Crippen LogP contribution in [-0.2, 0) is 23.1 Å². The summed E-state index contributed by atoms with van der Waals surface area (Å²) in [5.74, 6) is 0.476. The molecule has 3 rings (SSSR count). The maximum absolute atomic E-state index is 12.5. The van der Waals surface area contributed by atoms with E-state index in [1.165, 1.54) is 0 Å². The van der Waals surface area contributed by atoms with Gasteiger partial charge in [0.2, 0.25) is 0 Å². The van der Waals surface area contributed by atoms with Gasteiger partial charge in [-0.05, 0) is 37.1 Å². The fraction of sp³-hybridized carbons (Fsp3) is 0.357. The number of rotatable bonds is 4. The Kier molecular flexibility index (Phi) is 3.46. The Bertz CT molecular complexity index is 765. The van der Waals surface area contributed by atoms with Crippen molar-refractivity contribution in [3.63, 3.8) is 0 Å². The third kappa shape index (κ3) is 2.66. The first-order valence-electron chi connectivity index (χ1n) is 6.86. The predicted octanol–water partition coefficient (Wildman–Crippen LogP) is 1.87. The zero-order valence-corrected chi connectivity index (χ0v) is 12.8. The second-order valence-electron chi connectivity index (χ2n) is 5.39. The summed E-state index contributed by atoms with van der Waals surface area (Å²) >= 11 is 0. The van der Waals surface area contributed by atoms with E-state index in [1.807, 2.05) is 19.9 Å². The van der Waals surface area contributed by atoms with Crippen LogP contribution in [-0.4, -0.2) is 18.2 Å². The lowest BCUT2D eigenvalue weighted by molar-refractivity contribution is 0.539. The standard InChI is InChI=1S/C14H18N4O2S/c1-10(2)18-14(5-6-16-18)17-21(19,20)13-4-3-11-8-15-9-12(11)7-13/h3-7,10,15,17H,8-9H2,1-2H3. The maximum Gasteiger partial charge on any atom is 0.263 e. The van der Waals surface area contributed by atoms with Gasteiger partial charge < -0.3 is 5.32 Å². The van der Waals surface area contributed by atoms with Crippen molar-refractivity contribution in [1.29, 1.82) is 0 Å². The molecule has 1 aromatic heterocycles. The van der Waals surface area contributed by atoms with Crippen molar-refractivity contribution < 1.29 is 8.42 Å². The minimum Gasteiger partial charge on any atom is -0.309 e. The Morgan fingerprint density at radius 3 is 2.76 bits per heavy atom. The van der Waals surface area contributed by atoms with Crippen LogP contribution in [0, 0.1) is 0 Å². The molecular formula is C14H18N4O2S. The van der Waals surface area contributed by atoms with Crippen molar-refractivity contribution in [3.05, 3.63) is 41.6 Å². The average molecular weight is 306 g/mol. The summed E-state index contributed by atoms with van der Waals surface area (Å²) in [6.45, 7) is 5.41. The second kappa shape index (κ2) is 5.16. The van der Waals surface area contributed by atoms with Crippen molar-refractivity contribution in [2.24, 2.45) is 0 Å². The molecule has 0 unspecified atom stereocenters. The van der Waals surface area contributed by atoms with Gasteiger partial charge >= 0.3 is 0 Å². The molecule has 6 nitrogen and oxygen atoms in total. The summed E-state index contributed by atoms with van der Waals surface area (Å²) in [5.41, 5.74) is 2.19. The minimum atomic E-state index is -3.60. The fourth-order valence-corrected chi connectivity index (χ4v) is 3.54. The van der Waals surface area contributed by atoms with Gasteiger partial charge in [-0.15, -0.1) is 0 Å². The van der Waals surface area contributed by atoms with E-state index in [0.29, 0.717) is 12.4 Å². The number of hydrogen-bond donors (Lipinski definition) is 2. The van der Waals surface area contributed by atoms with Crippen LogP contribution in [0.3, 0.4) is 0 Å². The van der Waals surface area contributed by atoms with E-state index < -0.39 is 10.0 Å². The number of hydrogen-bond acceptors (Lipinski definition) is 4. The smallest absolute Gasteiger partial charge is 0.263 e. The molecule has 1 aliphatic rings. The molecule has 0 bridgehead atoms. The summed E-state index contributed by atoms with van der Waals surface area (Å²) in [5, 5.41) is 7.34. The first-order valence-corrected chi connectivity index (χ1v) is 8.34. The quantitative estimate of drug-likeness (QED) is 0.904. The normalized spacial score (nSPS) is 14.4. The van der Waals surface area contributed by atoms with Gasteiger partial charge in [0, 0.05) is 25.2 Å². The topological polar surface area (TPSA) is 76.0 Å². The Hall–Kier alpha value is -1.86. The van der Waals surface area contributed by atoms with Crippen LogP contribution in [0.5, 0.6) is 0 Å². The Morgan fingerprint density at radius 1 is 1.24 bits per heavy atom. The van der Waals surface area contributed by atoms with E-state index in [1.54, 1.807) is 29.1 Å². The molecule has 0 fully saturated rings. The van der Waals surface area contributed by atoms with Crippen molar-refractivity contribution in [2.45, 2.75) is 37.9 Å². The Labute approximate surface area is 124 Å². The maximum atomic E-state index is 12.5. The molecule has 2 aromatic rings. The number of nitrogens with zero attached hydrogens (tertiary/aromatic N) is 2. The molecule has 1 aromatic carbocycles. The van der Waals surface area contributed by atoms with Crippen LogP contribution < -0.4 is 10.0 Å². The number of fused-ring (bicyclic) bond motifs is 1. The molecular weight excluding hydrogens is 288 g/mol. The number of sulfonamides is 1. The highest BCUT2D eigenvalue weighted by Crippen LogP contribution is 2.23. The van der Waals surface area contributed by atoms with Crippen molar-refractivity contribution >= 4 is 15.8 Å². The Balaban J connectivity index is 1.92. The molecule has 7 heteroatoms. The van der Waals surface area contributed by atoms with Crippen LogP contribution in [0.1, 0.15) is 31.0 Å². The Morgan fingerprint density at radius 2 is 2.00 bits per heavy atom. The summed E-state index contributed by atoms with van der Waals surface area (Å²) in [6, 6.07) is 6.98. The van der Waals surface area contributed by atoms with E-state index in [-0.39, 0.29) is 10.9 Å². The third-order valence-corrected chi connectivity index (χ3v) is 4.87. The third-order valence-electron chi connectivity index (χ3n) is 3.52. The molecule has 0 saturated heterocycles. The van der Waals surface area contributed by atoms with Gasteiger partial charge in [-0.3, -0.25) is 4.72 Å². The first kappa shape index (κ1) is 14.1. The van der Waals surface area contributed by atoms with Crippen LogP contribution in [0.25, 0.3) is 0 Å². The zero-order chi connectivity index (χ0) is 15.0. The lowest BCUT2D eigenvalue weighted by atomic mass is 10.1. The molecule has 1 aliphatic heterocycles. The first-order chi connectivity index (χ1) is 9.97. The SMILES string of the molecule is CC(C)n1nccc1NS(=O)(=O)c1ccc2c(c1)CNC2. The molecule has 0 spiro atoms. The largest absolute Gasteiger partial charge is 0.309 e. The fourth-order valence-electron chi connectivity index (χ4n) is 2.44. The molecule has 0 aliphatic carbocycles. The summed E-state index contributed by atoms with van der Waals surface area (Å²) in [4.78, 5) is 0.279. The molecule has 21 heavy (non-hydrogen) atoms. The van der Waals surface area contributed by atoms with Gasteiger partial charge in [0.1, 0.15) is 5.82 Å². The molecule has 0 radical (unpaired) electrons. The molecule has 2 N–H and O–H groups in total. The van der Waals surface area contributed by atoms with Crippen LogP contribution in [0.2, 0.25) is 0 Å². The summed E-state index contributed by atoms with van der Waals surface area (Å²) < 4.78 is 29.3. The predicted molar refractivity (Wildman–Crippen MR) is 80.4 cm³/mol. The van der Waals surface area contributed by atoms with Crippen molar-refractivity contribution in [3.8, 4) is 0 Å². The minimum absolute atomic E-state index is 0.0851. The van der Waals surface area contributed by atoms with E-state index in [2.05, 4.69) is 15.1 Å². The van der Waals surface area contributed by atoms with Gasteiger partial charge in [0.05, 0.1) is 11.1 Å². The van der Waals surface area contributed by atoms with Gasteiger partial charge in [0.15, 0.2) is 0 Å². The lowest BCUT2D eigenvalue weighted by Gasteiger charge is -2.13. The number of anilines is 1. The highest BCUT2D eigenvalue weighted by atomic mass is 32.2. The van der Waals surface area contributed by atoms with Crippen LogP contribution in [0.4, 0.5) is 5.82 Å². The van der Waals surface area contributed by atoms with Gasteiger partial charge in [-0.25, -0.2) is 13.1 Å². The van der Waals surface area contributed by atoms with E-state index in [4.69, 9.17) is 0 Å². The molecule has 0 saturated carbocycles. The van der Waals surface area contributed by atoms with Gasteiger partial charge in [-0.2, -0.15) is 5.10 Å². The number of nitrogens with one attached hydrogen (secondary N) is 2. The second-order valence-corrected chi connectivity index (χ2v) is 7.08.